The summed E-state index contributed by atoms with van der Waals surface area (Å²) < 4.78 is 7.58. The fraction of sp³-hybridized carbons (Fsp3) is 0.174. The molecular formula is C23H23N5O. The highest BCUT2D eigenvalue weighted by Gasteiger charge is 2.12. The molecule has 0 aliphatic rings. The van der Waals surface area contributed by atoms with E-state index in [2.05, 4.69) is 39.2 Å². The summed E-state index contributed by atoms with van der Waals surface area (Å²) in [5.74, 6) is 3.34. The second-order valence-electron chi connectivity index (χ2n) is 6.82. The molecule has 1 N–H and O–H groups in total. The van der Waals surface area contributed by atoms with Crippen LogP contribution in [0.25, 0.3) is 17.8 Å². The number of aromatic nitrogens is 5. The average molecular weight is 385 g/mol. The third kappa shape index (κ3) is 3.96. The van der Waals surface area contributed by atoms with E-state index in [-0.39, 0.29) is 5.92 Å². The van der Waals surface area contributed by atoms with Crippen molar-refractivity contribution in [3.05, 3.63) is 89.5 Å². The number of aryl methyl sites for hydroxylation is 1. The largest absolute Gasteiger partial charge is 0.495 e. The van der Waals surface area contributed by atoms with E-state index in [9.17, 15) is 0 Å². The first-order valence-corrected chi connectivity index (χ1v) is 9.49. The minimum Gasteiger partial charge on any atom is -0.495 e. The number of hydrogen-bond acceptors (Lipinski definition) is 4. The van der Waals surface area contributed by atoms with Gasteiger partial charge in [-0.05, 0) is 36.3 Å². The lowest BCUT2D eigenvalue weighted by molar-refractivity contribution is 0.412. The smallest absolute Gasteiger partial charge is 0.173 e. The Balaban J connectivity index is 1.54. The SMILES string of the molecule is COc1cc(/C=C/c2n[nH]c([C@H](C)c3ccccc3)n2)ccc1-n1ccnc1C. The molecular weight excluding hydrogens is 362 g/mol. The molecule has 0 aliphatic heterocycles. The molecule has 0 fully saturated rings. The topological polar surface area (TPSA) is 68.6 Å². The van der Waals surface area contributed by atoms with Gasteiger partial charge in [-0.2, -0.15) is 5.10 Å². The van der Waals surface area contributed by atoms with Crippen molar-refractivity contribution >= 4 is 12.2 Å². The van der Waals surface area contributed by atoms with E-state index in [1.165, 1.54) is 5.56 Å². The van der Waals surface area contributed by atoms with Crippen molar-refractivity contribution < 1.29 is 4.74 Å². The molecule has 0 aliphatic carbocycles. The van der Waals surface area contributed by atoms with Crippen molar-refractivity contribution in [2.45, 2.75) is 19.8 Å². The van der Waals surface area contributed by atoms with Crippen molar-refractivity contribution in [2.75, 3.05) is 7.11 Å². The third-order valence-electron chi connectivity index (χ3n) is 4.94. The van der Waals surface area contributed by atoms with Crippen LogP contribution in [0.2, 0.25) is 0 Å². The second kappa shape index (κ2) is 8.14. The quantitative estimate of drug-likeness (QED) is 0.525. The zero-order valence-electron chi connectivity index (χ0n) is 16.7. The van der Waals surface area contributed by atoms with Gasteiger partial charge in [-0.15, -0.1) is 0 Å². The molecule has 146 valence electrons. The van der Waals surface area contributed by atoms with E-state index >= 15 is 0 Å². The van der Waals surface area contributed by atoms with E-state index in [0.717, 1.165) is 28.6 Å². The number of ether oxygens (including phenoxy) is 1. The molecule has 2 aromatic carbocycles. The number of imidazole rings is 1. The van der Waals surface area contributed by atoms with Gasteiger partial charge in [0, 0.05) is 18.3 Å². The van der Waals surface area contributed by atoms with Crippen molar-refractivity contribution in [3.63, 3.8) is 0 Å². The summed E-state index contributed by atoms with van der Waals surface area (Å²) in [6, 6.07) is 16.3. The molecule has 0 saturated heterocycles. The molecule has 0 amide bonds. The first-order valence-electron chi connectivity index (χ1n) is 9.49. The Morgan fingerprint density at radius 3 is 2.66 bits per heavy atom. The molecule has 2 heterocycles. The van der Waals surface area contributed by atoms with E-state index in [1.54, 1.807) is 13.3 Å². The summed E-state index contributed by atoms with van der Waals surface area (Å²) in [5.41, 5.74) is 3.16. The van der Waals surface area contributed by atoms with Crippen LogP contribution in [0.3, 0.4) is 0 Å². The van der Waals surface area contributed by atoms with E-state index in [4.69, 9.17) is 4.74 Å². The van der Waals surface area contributed by atoms with Crippen LogP contribution in [-0.2, 0) is 0 Å². The Labute approximate surface area is 169 Å². The lowest BCUT2D eigenvalue weighted by atomic mass is 10.0. The van der Waals surface area contributed by atoms with Gasteiger partial charge < -0.3 is 9.30 Å². The number of nitrogens with one attached hydrogen (secondary N) is 1. The number of benzene rings is 2. The van der Waals surface area contributed by atoms with Gasteiger partial charge in [-0.25, -0.2) is 9.97 Å². The highest BCUT2D eigenvalue weighted by molar-refractivity contribution is 5.69. The van der Waals surface area contributed by atoms with Gasteiger partial charge in [0.25, 0.3) is 0 Å². The number of H-pyrrole nitrogens is 1. The molecule has 0 radical (unpaired) electrons. The van der Waals surface area contributed by atoms with Crippen molar-refractivity contribution in [2.24, 2.45) is 0 Å². The summed E-state index contributed by atoms with van der Waals surface area (Å²) in [5, 5.41) is 7.37. The minimum absolute atomic E-state index is 0.156. The van der Waals surface area contributed by atoms with Crippen LogP contribution in [0.15, 0.2) is 60.9 Å². The molecule has 0 spiro atoms. The van der Waals surface area contributed by atoms with Crippen LogP contribution in [0.5, 0.6) is 5.75 Å². The molecule has 2 aromatic heterocycles. The molecule has 0 unspecified atom stereocenters. The lowest BCUT2D eigenvalue weighted by Gasteiger charge is -2.11. The molecule has 0 bridgehead atoms. The zero-order valence-corrected chi connectivity index (χ0v) is 16.7. The number of nitrogens with zero attached hydrogens (tertiary/aromatic N) is 4. The number of hydrogen-bond donors (Lipinski definition) is 1. The van der Waals surface area contributed by atoms with Gasteiger partial charge in [-0.3, -0.25) is 5.10 Å². The predicted octanol–water partition coefficient (Wildman–Crippen LogP) is 4.63. The summed E-state index contributed by atoms with van der Waals surface area (Å²) in [6.45, 7) is 4.08. The van der Waals surface area contributed by atoms with Gasteiger partial charge in [0.05, 0.1) is 12.8 Å². The molecule has 1 atom stereocenters. The van der Waals surface area contributed by atoms with Gasteiger partial charge in [-0.1, -0.05) is 49.4 Å². The maximum Gasteiger partial charge on any atom is 0.173 e. The Morgan fingerprint density at radius 2 is 1.93 bits per heavy atom. The maximum absolute atomic E-state index is 5.58. The Hall–Kier alpha value is -3.67. The maximum atomic E-state index is 5.58. The Morgan fingerprint density at radius 1 is 1.10 bits per heavy atom. The van der Waals surface area contributed by atoms with Crippen molar-refractivity contribution in [3.8, 4) is 11.4 Å². The summed E-state index contributed by atoms with van der Waals surface area (Å²) in [4.78, 5) is 8.90. The predicted molar refractivity (Wildman–Crippen MR) is 114 cm³/mol. The Bertz CT molecular complexity index is 1130. The summed E-state index contributed by atoms with van der Waals surface area (Å²) in [6.07, 6.45) is 7.58. The van der Waals surface area contributed by atoms with Crippen molar-refractivity contribution in [1.29, 1.82) is 0 Å². The van der Waals surface area contributed by atoms with Crippen LogP contribution < -0.4 is 4.74 Å². The van der Waals surface area contributed by atoms with Gasteiger partial charge in [0.1, 0.15) is 17.4 Å². The highest BCUT2D eigenvalue weighted by Crippen LogP contribution is 2.26. The summed E-state index contributed by atoms with van der Waals surface area (Å²) in [7, 11) is 1.67. The first-order chi connectivity index (χ1) is 14.2. The first kappa shape index (κ1) is 18.7. The molecule has 0 saturated carbocycles. The molecule has 6 heteroatoms. The monoisotopic (exact) mass is 385 g/mol. The fourth-order valence-electron chi connectivity index (χ4n) is 3.26. The average Bonchev–Trinajstić information content (AvgIpc) is 3.41. The number of rotatable bonds is 6. The fourth-order valence-corrected chi connectivity index (χ4v) is 3.26. The van der Waals surface area contributed by atoms with Crippen LogP contribution >= 0.6 is 0 Å². The van der Waals surface area contributed by atoms with Gasteiger partial charge in [0.15, 0.2) is 5.82 Å². The van der Waals surface area contributed by atoms with Gasteiger partial charge in [0.2, 0.25) is 0 Å². The number of aromatic amines is 1. The second-order valence-corrected chi connectivity index (χ2v) is 6.82. The summed E-state index contributed by atoms with van der Waals surface area (Å²) >= 11 is 0. The molecule has 4 rings (SSSR count). The van der Waals surface area contributed by atoms with Crippen LogP contribution in [0, 0.1) is 6.92 Å². The highest BCUT2D eigenvalue weighted by atomic mass is 16.5. The van der Waals surface area contributed by atoms with E-state index in [0.29, 0.717) is 5.82 Å². The molecule has 4 aromatic rings. The third-order valence-corrected chi connectivity index (χ3v) is 4.94. The van der Waals surface area contributed by atoms with Crippen LogP contribution in [-0.4, -0.2) is 31.8 Å². The zero-order chi connectivity index (χ0) is 20.2. The van der Waals surface area contributed by atoms with Gasteiger partial charge >= 0.3 is 0 Å². The molecule has 6 nitrogen and oxygen atoms in total. The lowest BCUT2D eigenvalue weighted by Crippen LogP contribution is -1.99. The number of methoxy groups -OCH3 is 1. The van der Waals surface area contributed by atoms with E-state index in [1.807, 2.05) is 66.2 Å². The Kier molecular flexibility index (Phi) is 5.24. The van der Waals surface area contributed by atoms with E-state index < -0.39 is 0 Å². The minimum atomic E-state index is 0.156. The van der Waals surface area contributed by atoms with Crippen LogP contribution in [0.1, 0.15) is 41.4 Å². The molecule has 29 heavy (non-hydrogen) atoms. The standard InChI is InChI=1S/C23H23N5O/c1-16(19-7-5-4-6-8-19)23-25-22(26-27-23)12-10-18-9-11-20(21(15-18)29-3)28-14-13-24-17(28)2/h4-16H,1-3H3,(H,25,26,27)/b12-10+/t16-/m1/s1. The van der Waals surface area contributed by atoms with Crippen LogP contribution in [0.4, 0.5) is 0 Å². The normalized spacial score (nSPS) is 12.4. The van der Waals surface area contributed by atoms with Crippen molar-refractivity contribution in [1.82, 2.24) is 24.7 Å².